The molecule has 0 nitrogen and oxygen atoms in total. The van der Waals surface area contributed by atoms with Gasteiger partial charge in [-0.25, -0.2) is 0 Å². The summed E-state index contributed by atoms with van der Waals surface area (Å²) in [6, 6.07) is 10.5. The Morgan fingerprint density at radius 1 is 1.06 bits per heavy atom. The lowest BCUT2D eigenvalue weighted by Crippen LogP contribution is -1.92. The smallest absolute Gasteiger partial charge is 0.0931 e. The Morgan fingerprint density at radius 2 is 1.88 bits per heavy atom. The molecule has 3 heteroatoms. The van der Waals surface area contributed by atoms with E-state index in [1.54, 1.807) is 11.3 Å². The van der Waals surface area contributed by atoms with Crippen molar-refractivity contribution in [1.82, 2.24) is 0 Å². The quantitative estimate of drug-likeness (QED) is 0.663. The van der Waals surface area contributed by atoms with Gasteiger partial charge in [0.05, 0.1) is 9.71 Å². The molecule has 0 fully saturated rings. The molecule has 0 saturated heterocycles. The fraction of sp³-hybridized carbons (Fsp3) is 0.286. The van der Waals surface area contributed by atoms with E-state index in [0.717, 1.165) is 9.21 Å². The molecule has 3 rings (SSSR count). The molecule has 0 amide bonds. The average molecular weight is 283 g/mol. The molecule has 0 N–H and O–H groups in total. The van der Waals surface area contributed by atoms with Crippen LogP contribution in [0.4, 0.5) is 0 Å². The van der Waals surface area contributed by atoms with Crippen molar-refractivity contribution in [3.05, 3.63) is 56.2 Å². The molecule has 0 radical (unpaired) electrons. The molecule has 0 saturated carbocycles. The molecule has 88 valence electrons. The van der Waals surface area contributed by atoms with Crippen LogP contribution in [0.3, 0.4) is 0 Å². The highest BCUT2D eigenvalue weighted by Crippen LogP contribution is 2.37. The molecule has 0 aliphatic heterocycles. The van der Waals surface area contributed by atoms with Gasteiger partial charge < -0.3 is 0 Å². The zero-order valence-electron chi connectivity index (χ0n) is 9.25. The molecule has 1 heterocycles. The van der Waals surface area contributed by atoms with Crippen LogP contribution in [-0.4, -0.2) is 0 Å². The normalized spacial score (nSPS) is 15.9. The van der Waals surface area contributed by atoms with Crippen LogP contribution in [0.2, 0.25) is 4.34 Å². The van der Waals surface area contributed by atoms with E-state index in [-0.39, 0.29) is 5.38 Å². The van der Waals surface area contributed by atoms with Gasteiger partial charge in [0.1, 0.15) is 0 Å². The Labute approximate surface area is 115 Å². The minimum absolute atomic E-state index is 0.0709. The van der Waals surface area contributed by atoms with Crippen molar-refractivity contribution in [2.45, 2.75) is 24.6 Å². The molecule has 1 unspecified atom stereocenters. The SMILES string of the molecule is Clc1ccc(C(Cl)c2ccc3c(c2)CCC3)s1. The predicted molar refractivity (Wildman–Crippen MR) is 75.5 cm³/mol. The molecule has 1 aliphatic carbocycles. The Kier molecular flexibility index (Phi) is 3.16. The predicted octanol–water partition coefficient (Wildman–Crippen LogP) is 5.22. The van der Waals surface area contributed by atoms with Gasteiger partial charge in [-0.2, -0.15) is 0 Å². The lowest BCUT2D eigenvalue weighted by atomic mass is 10.0. The van der Waals surface area contributed by atoms with E-state index >= 15 is 0 Å². The first-order chi connectivity index (χ1) is 8.24. The summed E-state index contributed by atoms with van der Waals surface area (Å²) >= 11 is 14.0. The number of fused-ring (bicyclic) bond motifs is 1. The van der Waals surface area contributed by atoms with E-state index in [2.05, 4.69) is 18.2 Å². The van der Waals surface area contributed by atoms with Crippen molar-refractivity contribution in [2.24, 2.45) is 0 Å². The highest BCUT2D eigenvalue weighted by atomic mass is 35.5. The Balaban J connectivity index is 1.94. The Morgan fingerprint density at radius 3 is 2.65 bits per heavy atom. The first kappa shape index (κ1) is 11.6. The van der Waals surface area contributed by atoms with Gasteiger partial charge in [0.25, 0.3) is 0 Å². The summed E-state index contributed by atoms with van der Waals surface area (Å²) in [5, 5.41) is -0.0709. The van der Waals surface area contributed by atoms with Gasteiger partial charge in [0.2, 0.25) is 0 Å². The van der Waals surface area contributed by atoms with Crippen LogP contribution in [0.5, 0.6) is 0 Å². The number of thiophene rings is 1. The number of rotatable bonds is 2. The Hall–Kier alpha value is -0.500. The topological polar surface area (TPSA) is 0 Å². The molecule has 0 spiro atoms. The summed E-state index contributed by atoms with van der Waals surface area (Å²) in [7, 11) is 0. The standard InChI is InChI=1S/C14H12Cl2S/c15-13-7-6-12(17-13)14(16)11-5-4-9-2-1-3-10(9)8-11/h4-8,14H,1-3H2. The van der Waals surface area contributed by atoms with Crippen LogP contribution in [-0.2, 0) is 12.8 Å². The van der Waals surface area contributed by atoms with Crippen molar-refractivity contribution < 1.29 is 0 Å². The third-order valence-corrected chi connectivity index (χ3v) is 5.17. The maximum atomic E-state index is 6.50. The molecule has 1 aromatic heterocycles. The summed E-state index contributed by atoms with van der Waals surface area (Å²) in [6.07, 6.45) is 3.68. The summed E-state index contributed by atoms with van der Waals surface area (Å²) < 4.78 is 0.798. The average Bonchev–Trinajstić information content (AvgIpc) is 2.95. The maximum Gasteiger partial charge on any atom is 0.0931 e. The summed E-state index contributed by atoms with van der Waals surface area (Å²) in [6.45, 7) is 0. The van der Waals surface area contributed by atoms with Gasteiger partial charge in [0, 0.05) is 4.88 Å². The summed E-state index contributed by atoms with van der Waals surface area (Å²) in [5.74, 6) is 0. The molecule has 1 atom stereocenters. The van der Waals surface area contributed by atoms with E-state index in [4.69, 9.17) is 23.2 Å². The van der Waals surface area contributed by atoms with Crippen molar-refractivity contribution in [2.75, 3.05) is 0 Å². The number of aryl methyl sites for hydroxylation is 2. The second-order valence-corrected chi connectivity index (χ2v) is 6.57. The molecular formula is C14H12Cl2S. The van der Waals surface area contributed by atoms with Crippen LogP contribution in [0.15, 0.2) is 30.3 Å². The van der Waals surface area contributed by atoms with Gasteiger partial charge in [0.15, 0.2) is 0 Å². The monoisotopic (exact) mass is 282 g/mol. The number of halogens is 2. The van der Waals surface area contributed by atoms with Gasteiger partial charge in [-0.15, -0.1) is 22.9 Å². The van der Waals surface area contributed by atoms with Gasteiger partial charge in [-0.3, -0.25) is 0 Å². The van der Waals surface area contributed by atoms with E-state index in [1.165, 1.54) is 36.0 Å². The number of hydrogen-bond donors (Lipinski definition) is 0. The lowest BCUT2D eigenvalue weighted by Gasteiger charge is -2.09. The first-order valence-electron chi connectivity index (χ1n) is 5.75. The third kappa shape index (κ3) is 2.24. The van der Waals surface area contributed by atoms with Gasteiger partial charge in [-0.05, 0) is 48.1 Å². The molecule has 0 bridgehead atoms. The van der Waals surface area contributed by atoms with Gasteiger partial charge >= 0.3 is 0 Å². The van der Waals surface area contributed by atoms with Crippen LogP contribution >= 0.6 is 34.5 Å². The second-order valence-electron chi connectivity index (χ2n) is 4.39. The van der Waals surface area contributed by atoms with Crippen LogP contribution in [0.1, 0.15) is 33.4 Å². The van der Waals surface area contributed by atoms with Crippen molar-refractivity contribution >= 4 is 34.5 Å². The maximum absolute atomic E-state index is 6.50. The number of benzene rings is 1. The van der Waals surface area contributed by atoms with Crippen molar-refractivity contribution in [3.63, 3.8) is 0 Å². The lowest BCUT2D eigenvalue weighted by molar-refractivity contribution is 0.911. The number of hydrogen-bond acceptors (Lipinski definition) is 1. The Bertz CT molecular complexity index is 545. The van der Waals surface area contributed by atoms with Crippen LogP contribution in [0, 0.1) is 0 Å². The van der Waals surface area contributed by atoms with Crippen molar-refractivity contribution in [1.29, 1.82) is 0 Å². The largest absolute Gasteiger partial charge is 0.127 e. The van der Waals surface area contributed by atoms with Gasteiger partial charge in [-0.1, -0.05) is 29.8 Å². The molecule has 1 aromatic carbocycles. The molecule has 1 aliphatic rings. The van der Waals surface area contributed by atoms with Crippen LogP contribution < -0.4 is 0 Å². The minimum Gasteiger partial charge on any atom is -0.127 e. The van der Waals surface area contributed by atoms with E-state index in [1.807, 2.05) is 12.1 Å². The van der Waals surface area contributed by atoms with E-state index in [0.29, 0.717) is 0 Å². The fourth-order valence-electron chi connectivity index (χ4n) is 2.38. The first-order valence-corrected chi connectivity index (χ1v) is 7.38. The zero-order valence-corrected chi connectivity index (χ0v) is 11.6. The highest BCUT2D eigenvalue weighted by Gasteiger charge is 2.17. The molecule has 2 aromatic rings. The van der Waals surface area contributed by atoms with Crippen molar-refractivity contribution in [3.8, 4) is 0 Å². The highest BCUT2D eigenvalue weighted by molar-refractivity contribution is 7.16. The zero-order chi connectivity index (χ0) is 11.8. The van der Waals surface area contributed by atoms with E-state index in [9.17, 15) is 0 Å². The fourth-order valence-corrected chi connectivity index (χ4v) is 3.79. The van der Waals surface area contributed by atoms with Crippen LogP contribution in [0.25, 0.3) is 0 Å². The summed E-state index contributed by atoms with van der Waals surface area (Å²) in [5.41, 5.74) is 4.14. The minimum atomic E-state index is -0.0709. The molecule has 17 heavy (non-hydrogen) atoms. The third-order valence-electron chi connectivity index (χ3n) is 3.26. The second kappa shape index (κ2) is 4.64. The molecular weight excluding hydrogens is 271 g/mol. The number of alkyl halides is 1. The summed E-state index contributed by atoms with van der Waals surface area (Å²) in [4.78, 5) is 1.12. The van der Waals surface area contributed by atoms with E-state index < -0.39 is 0 Å².